The van der Waals surface area contributed by atoms with Crippen molar-refractivity contribution in [1.82, 2.24) is 0 Å². The standard InChI is InChI=1S/C17H16ClNO2/c1-12-4-3-5-14(10-12)19(2)15-8-6-13(16(18)11-15)7-9-17(20)21/h3-11H,1-2H3,(H,20,21)/b9-7+. The molecule has 0 aromatic heterocycles. The second-order valence-electron chi connectivity index (χ2n) is 4.78. The van der Waals surface area contributed by atoms with Crippen molar-refractivity contribution >= 4 is 35.0 Å². The molecule has 0 saturated heterocycles. The van der Waals surface area contributed by atoms with Gasteiger partial charge in [0.15, 0.2) is 0 Å². The fraction of sp³-hybridized carbons (Fsp3) is 0.118. The molecule has 1 N–H and O–H groups in total. The molecule has 0 radical (unpaired) electrons. The number of benzene rings is 2. The van der Waals surface area contributed by atoms with Crippen LogP contribution in [-0.4, -0.2) is 18.1 Å². The highest BCUT2D eigenvalue weighted by Gasteiger charge is 2.06. The first-order valence-electron chi connectivity index (χ1n) is 6.48. The number of hydrogen-bond donors (Lipinski definition) is 1. The summed E-state index contributed by atoms with van der Waals surface area (Å²) in [7, 11) is 1.97. The van der Waals surface area contributed by atoms with Gasteiger partial charge in [0.1, 0.15) is 0 Å². The van der Waals surface area contributed by atoms with Crippen LogP contribution in [0.2, 0.25) is 5.02 Å². The van der Waals surface area contributed by atoms with Crippen LogP contribution >= 0.6 is 11.6 Å². The van der Waals surface area contributed by atoms with Crippen LogP contribution in [-0.2, 0) is 4.79 Å². The molecule has 0 fully saturated rings. The number of halogens is 1. The van der Waals surface area contributed by atoms with Gasteiger partial charge >= 0.3 is 5.97 Å². The third-order valence-corrected chi connectivity index (χ3v) is 3.49. The van der Waals surface area contributed by atoms with Crippen molar-refractivity contribution in [2.45, 2.75) is 6.92 Å². The monoisotopic (exact) mass is 301 g/mol. The number of hydrogen-bond acceptors (Lipinski definition) is 2. The van der Waals surface area contributed by atoms with E-state index < -0.39 is 5.97 Å². The number of aryl methyl sites for hydroxylation is 1. The smallest absolute Gasteiger partial charge is 0.328 e. The molecule has 0 aliphatic rings. The molecule has 0 aliphatic heterocycles. The van der Waals surface area contributed by atoms with Crippen LogP contribution < -0.4 is 4.90 Å². The van der Waals surface area contributed by atoms with E-state index in [4.69, 9.17) is 16.7 Å². The normalized spacial score (nSPS) is 10.8. The Kier molecular flexibility index (Phi) is 4.66. The number of carbonyl (C=O) groups is 1. The van der Waals surface area contributed by atoms with E-state index in [-0.39, 0.29) is 0 Å². The molecule has 0 heterocycles. The molecule has 0 aliphatic carbocycles. The summed E-state index contributed by atoms with van der Waals surface area (Å²) in [5.41, 5.74) is 3.88. The highest BCUT2D eigenvalue weighted by atomic mass is 35.5. The molecular formula is C17H16ClNO2. The summed E-state index contributed by atoms with van der Waals surface area (Å²) < 4.78 is 0. The predicted octanol–water partition coefficient (Wildman–Crippen LogP) is 4.51. The van der Waals surface area contributed by atoms with Gasteiger partial charge in [0.25, 0.3) is 0 Å². The SMILES string of the molecule is Cc1cccc(N(C)c2ccc(/C=C/C(=O)O)c(Cl)c2)c1. The maximum atomic E-state index is 10.5. The number of carboxylic acid groups (broad SMARTS) is 1. The minimum atomic E-state index is -0.993. The molecule has 2 rings (SSSR count). The van der Waals surface area contributed by atoms with Gasteiger partial charge in [-0.3, -0.25) is 0 Å². The summed E-state index contributed by atoms with van der Waals surface area (Å²) >= 11 is 6.20. The van der Waals surface area contributed by atoms with Crippen LogP contribution in [0.5, 0.6) is 0 Å². The zero-order valence-electron chi connectivity index (χ0n) is 11.9. The summed E-state index contributed by atoms with van der Waals surface area (Å²) in [4.78, 5) is 12.6. The lowest BCUT2D eigenvalue weighted by Gasteiger charge is -2.20. The fourth-order valence-corrected chi connectivity index (χ4v) is 2.24. The number of anilines is 2. The Morgan fingerprint density at radius 3 is 2.52 bits per heavy atom. The Bertz CT molecular complexity index is 695. The molecule has 0 saturated carbocycles. The molecule has 0 atom stereocenters. The average Bonchev–Trinajstić information content (AvgIpc) is 2.45. The van der Waals surface area contributed by atoms with Crippen LogP contribution in [0.25, 0.3) is 6.08 Å². The van der Waals surface area contributed by atoms with E-state index in [1.807, 2.05) is 55.3 Å². The zero-order chi connectivity index (χ0) is 15.4. The molecular weight excluding hydrogens is 286 g/mol. The number of nitrogens with zero attached hydrogens (tertiary/aromatic N) is 1. The summed E-state index contributed by atoms with van der Waals surface area (Å²) in [6.45, 7) is 2.05. The average molecular weight is 302 g/mol. The third-order valence-electron chi connectivity index (χ3n) is 3.17. The van der Waals surface area contributed by atoms with E-state index >= 15 is 0 Å². The largest absolute Gasteiger partial charge is 0.478 e. The Balaban J connectivity index is 2.29. The molecule has 0 spiro atoms. The van der Waals surface area contributed by atoms with E-state index in [0.29, 0.717) is 10.6 Å². The maximum Gasteiger partial charge on any atom is 0.328 e. The Labute approximate surface area is 129 Å². The molecule has 0 bridgehead atoms. The van der Waals surface area contributed by atoms with Gasteiger partial charge in [-0.1, -0.05) is 29.8 Å². The topological polar surface area (TPSA) is 40.5 Å². The summed E-state index contributed by atoms with van der Waals surface area (Å²) in [6, 6.07) is 13.7. The van der Waals surface area contributed by atoms with Crippen LogP contribution in [0, 0.1) is 6.92 Å². The zero-order valence-corrected chi connectivity index (χ0v) is 12.6. The fourth-order valence-electron chi connectivity index (χ4n) is 2.01. The molecule has 2 aromatic carbocycles. The molecule has 0 unspecified atom stereocenters. The lowest BCUT2D eigenvalue weighted by Crippen LogP contribution is -2.09. The summed E-state index contributed by atoms with van der Waals surface area (Å²) in [5, 5.41) is 9.16. The first-order chi connectivity index (χ1) is 9.97. The first kappa shape index (κ1) is 15.1. The minimum absolute atomic E-state index is 0.518. The van der Waals surface area contributed by atoms with E-state index in [1.165, 1.54) is 11.6 Å². The summed E-state index contributed by atoms with van der Waals surface area (Å²) in [6.07, 6.45) is 2.56. The van der Waals surface area contributed by atoms with Crippen molar-refractivity contribution in [3.05, 3.63) is 64.7 Å². The van der Waals surface area contributed by atoms with Gasteiger partial charge in [-0.05, 0) is 48.4 Å². The molecule has 2 aromatic rings. The van der Waals surface area contributed by atoms with Gasteiger partial charge < -0.3 is 10.0 Å². The number of carboxylic acids is 1. The van der Waals surface area contributed by atoms with Crippen molar-refractivity contribution < 1.29 is 9.90 Å². The Morgan fingerprint density at radius 1 is 1.19 bits per heavy atom. The molecule has 108 valence electrons. The quantitative estimate of drug-likeness (QED) is 0.844. The lowest BCUT2D eigenvalue weighted by molar-refractivity contribution is -0.131. The van der Waals surface area contributed by atoms with Gasteiger partial charge in [0, 0.05) is 29.5 Å². The predicted molar refractivity (Wildman–Crippen MR) is 87.4 cm³/mol. The van der Waals surface area contributed by atoms with E-state index in [0.717, 1.165) is 17.5 Å². The Morgan fingerprint density at radius 2 is 1.90 bits per heavy atom. The van der Waals surface area contributed by atoms with Gasteiger partial charge in [-0.25, -0.2) is 4.79 Å². The number of aliphatic carboxylic acids is 1. The van der Waals surface area contributed by atoms with Gasteiger partial charge in [-0.2, -0.15) is 0 Å². The first-order valence-corrected chi connectivity index (χ1v) is 6.86. The highest BCUT2D eigenvalue weighted by Crippen LogP contribution is 2.29. The molecule has 3 nitrogen and oxygen atoms in total. The second-order valence-corrected chi connectivity index (χ2v) is 5.18. The van der Waals surface area contributed by atoms with Crippen molar-refractivity contribution in [1.29, 1.82) is 0 Å². The van der Waals surface area contributed by atoms with Crippen molar-refractivity contribution in [2.24, 2.45) is 0 Å². The minimum Gasteiger partial charge on any atom is -0.478 e. The van der Waals surface area contributed by atoms with E-state index in [9.17, 15) is 4.79 Å². The van der Waals surface area contributed by atoms with Crippen LogP contribution in [0.15, 0.2) is 48.5 Å². The molecule has 21 heavy (non-hydrogen) atoms. The van der Waals surface area contributed by atoms with E-state index in [1.54, 1.807) is 0 Å². The lowest BCUT2D eigenvalue weighted by atomic mass is 10.1. The maximum absolute atomic E-state index is 10.5. The van der Waals surface area contributed by atoms with Gasteiger partial charge in [0.2, 0.25) is 0 Å². The Hall–Kier alpha value is -2.26. The van der Waals surface area contributed by atoms with Crippen LogP contribution in [0.3, 0.4) is 0 Å². The van der Waals surface area contributed by atoms with Crippen molar-refractivity contribution in [3.63, 3.8) is 0 Å². The van der Waals surface area contributed by atoms with Gasteiger partial charge in [-0.15, -0.1) is 0 Å². The number of rotatable bonds is 4. The van der Waals surface area contributed by atoms with Crippen molar-refractivity contribution in [2.75, 3.05) is 11.9 Å². The second kappa shape index (κ2) is 6.46. The summed E-state index contributed by atoms with van der Waals surface area (Å²) in [5.74, 6) is -0.993. The van der Waals surface area contributed by atoms with Crippen LogP contribution in [0.4, 0.5) is 11.4 Å². The van der Waals surface area contributed by atoms with E-state index in [2.05, 4.69) is 6.07 Å². The third kappa shape index (κ3) is 3.86. The van der Waals surface area contributed by atoms with Crippen molar-refractivity contribution in [3.8, 4) is 0 Å². The van der Waals surface area contributed by atoms with Crippen LogP contribution in [0.1, 0.15) is 11.1 Å². The molecule has 0 amide bonds. The molecule has 4 heteroatoms. The van der Waals surface area contributed by atoms with Gasteiger partial charge in [0.05, 0.1) is 0 Å². The highest BCUT2D eigenvalue weighted by molar-refractivity contribution is 6.32.